The minimum atomic E-state index is -9.42. The number of hydrogen-bond donors (Lipinski definition) is 0. The molecule has 0 atom stereocenters. The topological polar surface area (TPSA) is 96.0 Å². The van der Waals surface area contributed by atoms with Crippen LogP contribution in [0.1, 0.15) is 79.1 Å². The Kier molecular flexibility index (Phi) is 22.6. The summed E-state index contributed by atoms with van der Waals surface area (Å²) >= 11 is -15.5. The Morgan fingerprint density at radius 2 is 0.429 bits per heavy atom. The van der Waals surface area contributed by atoms with Crippen LogP contribution in [0.4, 0.5) is 149 Å². The molecule has 0 aliphatic carbocycles. The summed E-state index contributed by atoms with van der Waals surface area (Å²) in [5, 5.41) is -17.1. The zero-order valence-electron chi connectivity index (χ0n) is 38.0. The second-order valence-corrected chi connectivity index (χ2v) is 43.0. The van der Waals surface area contributed by atoms with Crippen molar-refractivity contribution in [3.05, 3.63) is 0 Å². The molecule has 0 fully saturated rings. The van der Waals surface area contributed by atoms with Crippen LogP contribution >= 0.6 is 0 Å². The van der Waals surface area contributed by atoms with Crippen molar-refractivity contribution in [1.82, 2.24) is 0 Å². The van der Waals surface area contributed by atoms with E-state index in [1.54, 1.807) is 0 Å². The molecule has 0 N–H and O–H groups in total. The van der Waals surface area contributed by atoms with E-state index in [-0.39, 0.29) is 0 Å². The molecule has 0 rings (SSSR count). The molecule has 7 nitrogen and oxygen atoms in total. The van der Waals surface area contributed by atoms with Gasteiger partial charge < -0.3 is 0 Å². The van der Waals surface area contributed by atoms with Crippen molar-refractivity contribution in [2.75, 3.05) is 0 Å². The first-order valence-electron chi connectivity index (χ1n) is 20.4. The van der Waals surface area contributed by atoms with Gasteiger partial charge in [-0.15, -0.1) is 0 Å². The normalized spacial score (nSPS) is 16.4. The first-order valence-corrected chi connectivity index (χ1v) is 35.9. The molecule has 0 unspecified atom stereocenters. The average molecular weight is 1480 g/mol. The van der Waals surface area contributed by atoms with E-state index in [2.05, 4.69) is 5.04 Å². The van der Waals surface area contributed by atoms with Crippen LogP contribution in [0.2, 0.25) is 17.7 Å². The molecule has 77 heavy (non-hydrogen) atoms. The van der Waals surface area contributed by atoms with E-state index in [0.29, 0.717) is 0 Å². The zero-order valence-corrected chi connectivity index (χ0v) is 45.4. The van der Waals surface area contributed by atoms with E-state index in [1.807, 2.05) is 0 Å². The number of rotatable bonds is 32. The number of halogens is 34. The Balaban J connectivity index is 8.59. The van der Waals surface area contributed by atoms with Gasteiger partial charge in [0.1, 0.15) is 0 Å². The van der Waals surface area contributed by atoms with Crippen LogP contribution in [-0.4, -0.2) is 149 Å². The van der Waals surface area contributed by atoms with Crippen LogP contribution in [0.3, 0.4) is 0 Å². The second kappa shape index (κ2) is 22.9. The molecule has 0 saturated carbocycles. The molecule has 0 aliphatic heterocycles. The molecule has 0 aromatic carbocycles. The quantitative estimate of drug-likeness (QED) is 0.0489. The summed E-state index contributed by atoms with van der Waals surface area (Å²) in [6.45, 7) is 3.68. The molecular weight excluding hydrogens is 1440 g/mol. The van der Waals surface area contributed by atoms with Crippen LogP contribution in [0.5, 0.6) is 0 Å². The maximum absolute atomic E-state index is 15.5. The molecule has 0 bridgehead atoms. The molecule has 0 aromatic heterocycles. The summed E-state index contributed by atoms with van der Waals surface area (Å²) in [5.41, 5.74) is 0. The Hall–Kier alpha value is -1.00. The third-order valence-electron chi connectivity index (χ3n) is 10.6. The molecule has 0 aromatic rings. The van der Waals surface area contributed by atoms with E-state index in [4.69, 9.17) is 1.41 Å². The van der Waals surface area contributed by atoms with Crippen molar-refractivity contribution >= 4 is 58.6 Å². The van der Waals surface area contributed by atoms with E-state index >= 15 is 35.1 Å². The van der Waals surface area contributed by atoms with Crippen LogP contribution in [-0.2, 0) is 26.7 Å². The molecule has 0 aliphatic rings. The molecule has 0 saturated heterocycles. The van der Waals surface area contributed by atoms with Gasteiger partial charge in [-0.25, -0.2) is 0 Å². The van der Waals surface area contributed by atoms with Gasteiger partial charge >= 0.3 is 422 Å². The Morgan fingerprint density at radius 1 is 0.273 bits per heavy atom. The van der Waals surface area contributed by atoms with Crippen molar-refractivity contribution in [2.24, 2.45) is 0 Å². The van der Waals surface area contributed by atoms with Gasteiger partial charge in [0.2, 0.25) is 0 Å². The molecule has 464 valence electrons. The van der Waals surface area contributed by atoms with Crippen molar-refractivity contribution in [3.63, 3.8) is 0 Å². The molecule has 0 spiro atoms. The number of hydrogen-bond acceptors (Lipinski definition) is 7. The van der Waals surface area contributed by atoms with Gasteiger partial charge in [-0.1, -0.05) is 0 Å². The van der Waals surface area contributed by atoms with E-state index in [9.17, 15) is 131 Å². The predicted molar refractivity (Wildman–Crippen MR) is 193 cm³/mol. The zero-order chi connectivity index (χ0) is 62.6. The first-order chi connectivity index (χ1) is 33.4. The average Bonchev–Trinajstić information content (AvgIpc) is 3.24. The Bertz CT molecular complexity index is 2050. The molecule has 0 amide bonds. The molecule has 0 heterocycles. The van der Waals surface area contributed by atoms with E-state index < -0.39 is 222 Å². The molecule has 45 heteroatoms. The predicted octanol–water partition coefficient (Wildman–Crippen LogP) is 15.7. The van der Waals surface area contributed by atoms with Gasteiger partial charge in [0.25, 0.3) is 0 Å². The van der Waals surface area contributed by atoms with Crippen LogP contribution in [0.25, 0.3) is 0 Å². The van der Waals surface area contributed by atoms with Crippen LogP contribution in [0.15, 0.2) is 0 Å². The first kappa shape index (κ1) is 76.0. The van der Waals surface area contributed by atoms with Gasteiger partial charge in [0.05, 0.1) is 0 Å². The van der Waals surface area contributed by atoms with E-state index in [0.717, 1.165) is 27.7 Å². The summed E-state index contributed by atoms with van der Waals surface area (Å²) in [6.07, 6.45) is -23.0. The fourth-order valence-corrected chi connectivity index (χ4v) is 59.7. The standard InChI is InChI=1S/2C8HF17O3S.4C4H9.O.2Sn/c2*9-1(10,3(13,14)5(17,18)7(21,22)23)2(11,12)4(15,16)6(19,20)8(24,25)29(26,27)28;4*1-3-4-2;;;/h2*(H,26,27,28);4*1,3-4H2,2H3;;;/q;;;;;;;2*+1/p-2. The summed E-state index contributed by atoms with van der Waals surface area (Å²) in [7, 11) is -17.5. The Labute approximate surface area is 420 Å². The summed E-state index contributed by atoms with van der Waals surface area (Å²) in [5.74, 6) is -110. The summed E-state index contributed by atoms with van der Waals surface area (Å²) < 4.78 is 539. The van der Waals surface area contributed by atoms with Gasteiger partial charge in [0, 0.05) is 0 Å². The fourth-order valence-electron chi connectivity index (χ4n) is 5.90. The van der Waals surface area contributed by atoms with Crippen molar-refractivity contribution < 1.29 is 173 Å². The Morgan fingerprint density at radius 3 is 0.584 bits per heavy atom. The van der Waals surface area contributed by atoms with Crippen molar-refractivity contribution in [3.8, 4) is 0 Å². The third-order valence-corrected chi connectivity index (χ3v) is 51.4. The minimum absolute atomic E-state index is 0.613. The van der Waals surface area contributed by atoms with E-state index in [1.165, 1.54) is 0 Å². The number of alkyl halides is 34. The SMILES string of the molecule is CCC[CH2][Sn]([CH2]CCC)([O]S(=O)(=O)C(F)(F)C(F)(F)C(F)(F)C(F)(F)C(F)(F)C(F)(F)C(F)(F)C(F)(F)F)[O][Sn]([CH2]CCC)([CH2]CCC)[O]S(=O)(=O)C(F)(F)C(F)(F)C(F)(F)C(F)(F)C(F)(F)C(F)(F)C(F)(F)C(F)(F)F. The second-order valence-electron chi connectivity index (χ2n) is 16.3. The van der Waals surface area contributed by atoms with Gasteiger partial charge in [-0.05, 0) is 0 Å². The molecular formula is C32H36F34O7S2Sn2. The number of unbranched alkanes of at least 4 members (excludes halogenated alkanes) is 4. The van der Waals surface area contributed by atoms with Crippen molar-refractivity contribution in [1.29, 1.82) is 0 Å². The monoisotopic (exact) mass is 1480 g/mol. The third kappa shape index (κ3) is 12.2. The van der Waals surface area contributed by atoms with Crippen molar-refractivity contribution in [2.45, 2.75) is 191 Å². The van der Waals surface area contributed by atoms with Crippen LogP contribution < -0.4 is 0 Å². The van der Waals surface area contributed by atoms with Gasteiger partial charge in [-0.3, -0.25) is 0 Å². The molecule has 0 radical (unpaired) electrons. The van der Waals surface area contributed by atoms with Gasteiger partial charge in [-0.2, -0.15) is 0 Å². The van der Waals surface area contributed by atoms with Crippen LogP contribution in [0, 0.1) is 0 Å². The van der Waals surface area contributed by atoms with Gasteiger partial charge in [0.15, 0.2) is 0 Å². The summed E-state index contributed by atoms with van der Waals surface area (Å²) in [4.78, 5) is 0. The fraction of sp³-hybridized carbons (Fsp3) is 1.00. The maximum atomic E-state index is 15.5. The summed E-state index contributed by atoms with van der Waals surface area (Å²) in [6, 6.07) is 0.